The fraction of sp³-hybridized carbons (Fsp3) is 0.333. The Morgan fingerprint density at radius 1 is 1.42 bits per heavy atom. The molecule has 0 saturated heterocycles. The van der Waals surface area contributed by atoms with E-state index in [1.54, 1.807) is 0 Å². The molecular formula is C9H14N2O. The summed E-state index contributed by atoms with van der Waals surface area (Å²) in [7, 11) is 0. The zero-order valence-electron chi connectivity index (χ0n) is 7.39. The molecule has 66 valence electrons. The molecule has 0 spiro atoms. The van der Waals surface area contributed by atoms with Crippen molar-refractivity contribution in [3.05, 3.63) is 28.8 Å². The lowest BCUT2D eigenvalue weighted by Gasteiger charge is -2.07. The molecule has 3 heteroatoms. The second-order valence-corrected chi connectivity index (χ2v) is 2.96. The molecule has 0 radical (unpaired) electrons. The summed E-state index contributed by atoms with van der Waals surface area (Å²) in [6.07, 6.45) is 0. The Balaban J connectivity index is 3.04. The molecule has 0 aliphatic rings. The zero-order valence-corrected chi connectivity index (χ0v) is 7.39. The molecule has 12 heavy (non-hydrogen) atoms. The van der Waals surface area contributed by atoms with E-state index in [-0.39, 0.29) is 0 Å². The quantitative estimate of drug-likeness (QED) is 0.459. The van der Waals surface area contributed by atoms with E-state index in [9.17, 15) is 0 Å². The Labute approximate surface area is 72.2 Å². The van der Waals surface area contributed by atoms with Gasteiger partial charge in [0.2, 0.25) is 0 Å². The average molecular weight is 166 g/mol. The van der Waals surface area contributed by atoms with E-state index in [4.69, 9.17) is 10.9 Å². The summed E-state index contributed by atoms with van der Waals surface area (Å²) in [5, 5.41) is 8.48. The summed E-state index contributed by atoms with van der Waals surface area (Å²) in [6, 6.07) is 3.88. The lowest BCUT2D eigenvalue weighted by atomic mass is 10.0. The molecule has 0 aliphatic carbocycles. The highest BCUT2D eigenvalue weighted by Gasteiger charge is 2.00. The van der Waals surface area contributed by atoms with Crippen LogP contribution in [0.5, 0.6) is 0 Å². The summed E-state index contributed by atoms with van der Waals surface area (Å²) in [5.41, 5.74) is 11.9. The lowest BCUT2D eigenvalue weighted by molar-refractivity contribution is 0.161. The van der Waals surface area contributed by atoms with Gasteiger partial charge in [0.25, 0.3) is 0 Å². The van der Waals surface area contributed by atoms with Gasteiger partial charge in [0.1, 0.15) is 0 Å². The van der Waals surface area contributed by atoms with Crippen molar-refractivity contribution in [2.24, 2.45) is 0 Å². The Bertz CT molecular complexity index is 261. The smallest absolute Gasteiger partial charge is 0.0458 e. The number of hydroxylamine groups is 1. The molecule has 0 unspecified atom stereocenters. The number of hydrogen-bond acceptors (Lipinski definition) is 3. The van der Waals surface area contributed by atoms with Gasteiger partial charge < -0.3 is 10.9 Å². The van der Waals surface area contributed by atoms with Gasteiger partial charge in [-0.2, -0.15) is 0 Å². The van der Waals surface area contributed by atoms with Crippen LogP contribution in [0.4, 0.5) is 5.69 Å². The van der Waals surface area contributed by atoms with Crippen LogP contribution in [0.15, 0.2) is 12.1 Å². The van der Waals surface area contributed by atoms with Crippen LogP contribution in [-0.2, 0) is 6.54 Å². The van der Waals surface area contributed by atoms with Gasteiger partial charge in [0.15, 0.2) is 0 Å². The molecule has 1 aromatic rings. The van der Waals surface area contributed by atoms with Crippen LogP contribution in [0.25, 0.3) is 0 Å². The Morgan fingerprint density at radius 2 is 2.08 bits per heavy atom. The number of benzene rings is 1. The van der Waals surface area contributed by atoms with E-state index in [1.165, 1.54) is 0 Å². The van der Waals surface area contributed by atoms with Crippen molar-refractivity contribution in [1.82, 2.24) is 5.48 Å². The maximum atomic E-state index is 8.48. The number of aryl methyl sites for hydroxylation is 1. The van der Waals surface area contributed by atoms with Crippen molar-refractivity contribution < 1.29 is 5.21 Å². The van der Waals surface area contributed by atoms with Gasteiger partial charge in [-0.15, -0.1) is 0 Å². The molecule has 0 amide bonds. The van der Waals surface area contributed by atoms with Gasteiger partial charge in [-0.1, -0.05) is 6.07 Å². The van der Waals surface area contributed by atoms with Crippen LogP contribution >= 0.6 is 0 Å². The standard InChI is InChI=1S/C9H14N2O/c1-6-3-8(5-11-12)4-9(10)7(6)2/h3-4,11-12H,5,10H2,1-2H3. The van der Waals surface area contributed by atoms with E-state index in [0.29, 0.717) is 6.54 Å². The first-order chi connectivity index (χ1) is 5.65. The highest BCUT2D eigenvalue weighted by molar-refractivity contribution is 5.52. The highest BCUT2D eigenvalue weighted by Crippen LogP contribution is 2.17. The Hall–Kier alpha value is -1.06. The van der Waals surface area contributed by atoms with Crippen molar-refractivity contribution in [3.63, 3.8) is 0 Å². The molecule has 0 aromatic heterocycles. The highest BCUT2D eigenvalue weighted by atomic mass is 16.5. The van der Waals surface area contributed by atoms with Crippen LogP contribution in [0.3, 0.4) is 0 Å². The molecule has 0 bridgehead atoms. The third kappa shape index (κ3) is 1.75. The van der Waals surface area contributed by atoms with E-state index >= 15 is 0 Å². The number of nitrogen functional groups attached to an aromatic ring is 1. The second-order valence-electron chi connectivity index (χ2n) is 2.96. The van der Waals surface area contributed by atoms with Gasteiger partial charge in [0, 0.05) is 12.2 Å². The minimum Gasteiger partial charge on any atom is -0.398 e. The summed E-state index contributed by atoms with van der Waals surface area (Å²) in [5.74, 6) is 0. The van der Waals surface area contributed by atoms with Gasteiger partial charge in [-0.3, -0.25) is 0 Å². The first kappa shape index (κ1) is 9.03. The molecule has 0 fully saturated rings. The fourth-order valence-corrected chi connectivity index (χ4v) is 1.16. The minimum atomic E-state index is 0.436. The molecular weight excluding hydrogens is 152 g/mol. The van der Waals surface area contributed by atoms with E-state index in [0.717, 1.165) is 22.4 Å². The van der Waals surface area contributed by atoms with Gasteiger partial charge >= 0.3 is 0 Å². The summed E-state index contributed by atoms with van der Waals surface area (Å²) >= 11 is 0. The molecule has 1 aromatic carbocycles. The third-order valence-electron chi connectivity index (χ3n) is 2.05. The summed E-state index contributed by atoms with van der Waals surface area (Å²) in [4.78, 5) is 0. The molecule has 4 N–H and O–H groups in total. The Kier molecular flexibility index (Phi) is 2.68. The van der Waals surface area contributed by atoms with Crippen molar-refractivity contribution in [2.75, 3.05) is 5.73 Å². The van der Waals surface area contributed by atoms with Crippen LogP contribution < -0.4 is 11.2 Å². The van der Waals surface area contributed by atoms with E-state index < -0.39 is 0 Å². The minimum absolute atomic E-state index is 0.436. The first-order valence-corrected chi connectivity index (χ1v) is 3.87. The fourth-order valence-electron chi connectivity index (χ4n) is 1.16. The third-order valence-corrected chi connectivity index (χ3v) is 2.05. The first-order valence-electron chi connectivity index (χ1n) is 3.87. The molecule has 1 rings (SSSR count). The summed E-state index contributed by atoms with van der Waals surface area (Å²) < 4.78 is 0. The number of nitrogens with one attached hydrogen (secondary N) is 1. The van der Waals surface area contributed by atoms with Gasteiger partial charge in [0.05, 0.1) is 0 Å². The topological polar surface area (TPSA) is 58.3 Å². The second kappa shape index (κ2) is 3.56. The SMILES string of the molecule is Cc1cc(CNO)cc(N)c1C. The predicted octanol–water partition coefficient (Wildman–Crippen LogP) is 1.36. The normalized spacial score (nSPS) is 10.2. The predicted molar refractivity (Wildman–Crippen MR) is 49.0 cm³/mol. The maximum absolute atomic E-state index is 8.48. The average Bonchev–Trinajstić information content (AvgIpc) is 2.01. The van der Waals surface area contributed by atoms with Crippen LogP contribution in [0, 0.1) is 13.8 Å². The van der Waals surface area contributed by atoms with Crippen LogP contribution in [0.1, 0.15) is 16.7 Å². The van der Waals surface area contributed by atoms with E-state index in [2.05, 4.69) is 5.48 Å². The molecule has 0 aliphatic heterocycles. The molecule has 0 atom stereocenters. The number of hydrogen-bond donors (Lipinski definition) is 3. The lowest BCUT2D eigenvalue weighted by Crippen LogP contribution is -2.07. The van der Waals surface area contributed by atoms with Crippen LogP contribution in [-0.4, -0.2) is 5.21 Å². The summed E-state index contributed by atoms with van der Waals surface area (Å²) in [6.45, 7) is 4.43. The number of nitrogens with two attached hydrogens (primary N) is 1. The Morgan fingerprint density at radius 3 is 2.58 bits per heavy atom. The van der Waals surface area contributed by atoms with Crippen LogP contribution in [0.2, 0.25) is 0 Å². The van der Waals surface area contributed by atoms with Crippen molar-refractivity contribution in [2.45, 2.75) is 20.4 Å². The molecule has 0 heterocycles. The molecule has 3 nitrogen and oxygen atoms in total. The monoisotopic (exact) mass is 166 g/mol. The van der Waals surface area contributed by atoms with Crippen molar-refractivity contribution in [1.29, 1.82) is 0 Å². The maximum Gasteiger partial charge on any atom is 0.0458 e. The number of rotatable bonds is 2. The van der Waals surface area contributed by atoms with Crippen molar-refractivity contribution >= 4 is 5.69 Å². The number of anilines is 1. The van der Waals surface area contributed by atoms with E-state index in [1.807, 2.05) is 26.0 Å². The van der Waals surface area contributed by atoms with Gasteiger partial charge in [-0.25, -0.2) is 5.48 Å². The zero-order chi connectivity index (χ0) is 9.14. The van der Waals surface area contributed by atoms with Gasteiger partial charge in [-0.05, 0) is 36.6 Å². The molecule has 0 saturated carbocycles. The van der Waals surface area contributed by atoms with Crippen molar-refractivity contribution in [3.8, 4) is 0 Å². The largest absolute Gasteiger partial charge is 0.398 e.